The number of hydrogen-bond acceptors (Lipinski definition) is 4. The van der Waals surface area contributed by atoms with Gasteiger partial charge in [-0.3, -0.25) is 4.79 Å². The molecule has 19 heavy (non-hydrogen) atoms. The van der Waals surface area contributed by atoms with Gasteiger partial charge in [0.1, 0.15) is 0 Å². The molecule has 1 saturated heterocycles. The van der Waals surface area contributed by atoms with Crippen molar-refractivity contribution in [2.45, 2.75) is 57.5 Å². The Morgan fingerprint density at radius 2 is 1.89 bits per heavy atom. The SMILES string of the molecule is CCOC(=O)C1CCC(O)(CN2CCCCC2)CC1. The van der Waals surface area contributed by atoms with E-state index in [0.29, 0.717) is 6.61 Å². The topological polar surface area (TPSA) is 49.8 Å². The standard InChI is InChI=1S/C15H27NO3/c1-2-19-14(17)13-6-8-15(18,9-7-13)12-16-10-4-3-5-11-16/h13,18H,2-12H2,1H3. The van der Waals surface area contributed by atoms with Crippen LogP contribution in [0.25, 0.3) is 0 Å². The summed E-state index contributed by atoms with van der Waals surface area (Å²) in [5.74, 6) is -0.0795. The highest BCUT2D eigenvalue weighted by Gasteiger charge is 2.37. The molecule has 1 aliphatic heterocycles. The zero-order chi connectivity index (χ0) is 13.7. The smallest absolute Gasteiger partial charge is 0.308 e. The van der Waals surface area contributed by atoms with Crippen LogP contribution in [-0.4, -0.2) is 47.8 Å². The van der Waals surface area contributed by atoms with Crippen molar-refractivity contribution < 1.29 is 14.6 Å². The Hall–Kier alpha value is -0.610. The van der Waals surface area contributed by atoms with E-state index in [1.807, 2.05) is 6.92 Å². The van der Waals surface area contributed by atoms with Crippen LogP contribution in [0.4, 0.5) is 0 Å². The summed E-state index contributed by atoms with van der Waals surface area (Å²) in [6.45, 7) is 5.30. The molecule has 1 N–H and O–H groups in total. The van der Waals surface area contributed by atoms with Crippen LogP contribution >= 0.6 is 0 Å². The van der Waals surface area contributed by atoms with Gasteiger partial charge < -0.3 is 14.7 Å². The van der Waals surface area contributed by atoms with Crippen LogP contribution in [0.15, 0.2) is 0 Å². The lowest BCUT2D eigenvalue weighted by molar-refractivity contribution is -0.151. The van der Waals surface area contributed by atoms with Crippen LogP contribution in [0, 0.1) is 5.92 Å². The number of aliphatic hydroxyl groups is 1. The first-order valence-corrected chi connectivity index (χ1v) is 7.74. The third-order valence-corrected chi connectivity index (χ3v) is 4.50. The zero-order valence-electron chi connectivity index (χ0n) is 12.1. The number of ether oxygens (including phenoxy) is 1. The maximum absolute atomic E-state index is 11.7. The molecule has 0 amide bonds. The van der Waals surface area contributed by atoms with Crippen molar-refractivity contribution in [1.29, 1.82) is 0 Å². The molecule has 0 spiro atoms. The summed E-state index contributed by atoms with van der Waals surface area (Å²) < 4.78 is 5.07. The fourth-order valence-electron chi connectivity index (χ4n) is 3.34. The number of carbonyl (C=O) groups is 1. The molecular formula is C15H27NO3. The van der Waals surface area contributed by atoms with E-state index < -0.39 is 5.60 Å². The van der Waals surface area contributed by atoms with Gasteiger partial charge in [-0.1, -0.05) is 6.42 Å². The number of carbonyl (C=O) groups excluding carboxylic acids is 1. The minimum atomic E-state index is -0.583. The van der Waals surface area contributed by atoms with Gasteiger partial charge in [0.05, 0.1) is 18.1 Å². The van der Waals surface area contributed by atoms with E-state index in [9.17, 15) is 9.90 Å². The molecule has 2 aliphatic rings. The molecule has 4 nitrogen and oxygen atoms in total. The molecule has 2 fully saturated rings. The lowest BCUT2D eigenvalue weighted by Crippen LogP contribution is -2.47. The molecule has 1 saturated carbocycles. The summed E-state index contributed by atoms with van der Waals surface area (Å²) in [7, 11) is 0. The minimum Gasteiger partial charge on any atom is -0.466 e. The number of hydrogen-bond donors (Lipinski definition) is 1. The van der Waals surface area contributed by atoms with Crippen molar-refractivity contribution in [3.63, 3.8) is 0 Å². The Morgan fingerprint density at radius 3 is 2.47 bits per heavy atom. The Bertz CT molecular complexity index is 292. The van der Waals surface area contributed by atoms with Crippen LogP contribution in [0.3, 0.4) is 0 Å². The summed E-state index contributed by atoms with van der Waals surface area (Å²) >= 11 is 0. The average Bonchev–Trinajstić information content (AvgIpc) is 2.40. The largest absolute Gasteiger partial charge is 0.466 e. The van der Waals surface area contributed by atoms with Gasteiger partial charge in [-0.05, 0) is 58.5 Å². The Labute approximate surface area is 116 Å². The zero-order valence-corrected chi connectivity index (χ0v) is 12.1. The third kappa shape index (κ3) is 4.18. The summed E-state index contributed by atoms with van der Waals surface area (Å²) in [4.78, 5) is 14.1. The van der Waals surface area contributed by atoms with E-state index in [2.05, 4.69) is 4.90 Å². The maximum atomic E-state index is 11.7. The Morgan fingerprint density at radius 1 is 1.26 bits per heavy atom. The van der Waals surface area contributed by atoms with Crippen molar-refractivity contribution in [1.82, 2.24) is 4.90 Å². The van der Waals surface area contributed by atoms with Crippen molar-refractivity contribution >= 4 is 5.97 Å². The minimum absolute atomic E-state index is 0.00146. The highest BCUT2D eigenvalue weighted by atomic mass is 16.5. The normalized spacial score (nSPS) is 33.1. The number of piperidine rings is 1. The molecular weight excluding hydrogens is 242 g/mol. The predicted octanol–water partition coefficient (Wildman–Crippen LogP) is 1.96. The molecule has 0 unspecified atom stereocenters. The van der Waals surface area contributed by atoms with E-state index in [-0.39, 0.29) is 11.9 Å². The van der Waals surface area contributed by atoms with E-state index >= 15 is 0 Å². The van der Waals surface area contributed by atoms with Crippen molar-refractivity contribution in [2.75, 3.05) is 26.2 Å². The first-order chi connectivity index (χ1) is 9.13. The van der Waals surface area contributed by atoms with Gasteiger partial charge >= 0.3 is 5.97 Å². The Balaban J connectivity index is 1.78. The third-order valence-electron chi connectivity index (χ3n) is 4.50. The van der Waals surface area contributed by atoms with Gasteiger partial charge in [0.2, 0.25) is 0 Å². The number of likely N-dealkylation sites (tertiary alicyclic amines) is 1. The van der Waals surface area contributed by atoms with Gasteiger partial charge in [0, 0.05) is 6.54 Å². The van der Waals surface area contributed by atoms with Gasteiger partial charge in [0.15, 0.2) is 0 Å². The molecule has 0 aromatic rings. The maximum Gasteiger partial charge on any atom is 0.308 e. The van der Waals surface area contributed by atoms with E-state index in [0.717, 1.165) is 45.3 Å². The first-order valence-electron chi connectivity index (χ1n) is 7.74. The van der Waals surface area contributed by atoms with Crippen molar-refractivity contribution in [2.24, 2.45) is 5.92 Å². The molecule has 4 heteroatoms. The summed E-state index contributed by atoms with van der Waals surface area (Å²) in [6.07, 6.45) is 6.81. The van der Waals surface area contributed by atoms with Gasteiger partial charge in [0.25, 0.3) is 0 Å². The predicted molar refractivity (Wildman–Crippen MR) is 73.8 cm³/mol. The van der Waals surface area contributed by atoms with Crippen LogP contribution in [0.1, 0.15) is 51.9 Å². The first kappa shape index (κ1) is 14.8. The van der Waals surface area contributed by atoms with E-state index in [1.165, 1.54) is 19.3 Å². The fraction of sp³-hybridized carbons (Fsp3) is 0.933. The highest BCUT2D eigenvalue weighted by Crippen LogP contribution is 2.33. The molecule has 1 aliphatic carbocycles. The van der Waals surface area contributed by atoms with Crippen LogP contribution in [0.5, 0.6) is 0 Å². The molecule has 0 atom stereocenters. The molecule has 110 valence electrons. The van der Waals surface area contributed by atoms with Gasteiger partial charge in [-0.25, -0.2) is 0 Å². The molecule has 0 bridgehead atoms. The number of β-amino-alcohol motifs (C(OH)–C–C–N with tert-alkyl or cyclic N) is 1. The quantitative estimate of drug-likeness (QED) is 0.793. The van der Waals surface area contributed by atoms with Crippen molar-refractivity contribution in [3.8, 4) is 0 Å². The number of rotatable bonds is 4. The lowest BCUT2D eigenvalue weighted by Gasteiger charge is -2.40. The van der Waals surface area contributed by atoms with Crippen LogP contribution in [0.2, 0.25) is 0 Å². The molecule has 0 radical (unpaired) electrons. The highest BCUT2D eigenvalue weighted by molar-refractivity contribution is 5.72. The lowest BCUT2D eigenvalue weighted by atomic mass is 9.78. The van der Waals surface area contributed by atoms with Crippen LogP contribution < -0.4 is 0 Å². The van der Waals surface area contributed by atoms with Crippen LogP contribution in [-0.2, 0) is 9.53 Å². The monoisotopic (exact) mass is 269 g/mol. The van der Waals surface area contributed by atoms with Crippen molar-refractivity contribution in [3.05, 3.63) is 0 Å². The second-order valence-electron chi connectivity index (χ2n) is 6.09. The second kappa shape index (κ2) is 6.71. The molecule has 0 aromatic carbocycles. The average molecular weight is 269 g/mol. The van der Waals surface area contributed by atoms with E-state index in [1.54, 1.807) is 0 Å². The number of esters is 1. The molecule has 2 rings (SSSR count). The summed E-state index contributed by atoms with van der Waals surface area (Å²) in [6, 6.07) is 0. The van der Waals surface area contributed by atoms with Gasteiger partial charge in [-0.2, -0.15) is 0 Å². The Kier molecular flexibility index (Phi) is 5.22. The summed E-state index contributed by atoms with van der Waals surface area (Å²) in [5, 5.41) is 10.7. The van der Waals surface area contributed by atoms with Gasteiger partial charge in [-0.15, -0.1) is 0 Å². The second-order valence-corrected chi connectivity index (χ2v) is 6.09. The number of nitrogens with zero attached hydrogens (tertiary/aromatic N) is 1. The van der Waals surface area contributed by atoms with E-state index in [4.69, 9.17) is 4.74 Å². The summed E-state index contributed by atoms with van der Waals surface area (Å²) in [5.41, 5.74) is -0.583. The fourth-order valence-corrected chi connectivity index (χ4v) is 3.34. The molecule has 1 heterocycles. The molecule has 0 aromatic heterocycles.